The fourth-order valence-corrected chi connectivity index (χ4v) is 4.53. The minimum Gasteiger partial charge on any atom is -0.481 e. The minimum absolute atomic E-state index is 0.128. The number of amides is 1. The van der Waals surface area contributed by atoms with Crippen LogP contribution in [0.1, 0.15) is 15.9 Å². The van der Waals surface area contributed by atoms with Gasteiger partial charge in [0, 0.05) is 16.8 Å². The highest BCUT2D eigenvalue weighted by Gasteiger charge is 2.18. The van der Waals surface area contributed by atoms with Crippen LogP contribution in [-0.4, -0.2) is 27.3 Å². The normalized spacial score (nSPS) is 11.6. The summed E-state index contributed by atoms with van der Waals surface area (Å²) in [5.74, 6) is 0.169. The highest BCUT2D eigenvalue weighted by Crippen LogP contribution is 2.25. The summed E-state index contributed by atoms with van der Waals surface area (Å²) in [4.78, 5) is 17.0. The van der Waals surface area contributed by atoms with Crippen molar-refractivity contribution in [2.75, 3.05) is 12.4 Å². The van der Waals surface area contributed by atoms with Crippen LogP contribution in [0.4, 0.5) is 11.4 Å². The summed E-state index contributed by atoms with van der Waals surface area (Å²) in [6, 6.07) is 30.6. The SMILES string of the molecule is CO/C(=N\c1ccc(S(=O)(=O)c2ccc(NC(=O)c3ccccc3)cc2)cc1)c1ccccc1. The molecule has 0 spiro atoms. The molecule has 0 saturated heterocycles. The van der Waals surface area contributed by atoms with Crippen LogP contribution in [0.2, 0.25) is 0 Å². The molecule has 0 aliphatic carbocycles. The number of ether oxygens (including phenoxy) is 1. The molecule has 0 heterocycles. The molecule has 0 unspecified atom stereocenters. The first kappa shape index (κ1) is 22.9. The largest absolute Gasteiger partial charge is 0.481 e. The van der Waals surface area contributed by atoms with Crippen LogP contribution in [0.15, 0.2) is 124 Å². The second-order valence-corrected chi connectivity index (χ2v) is 9.28. The van der Waals surface area contributed by atoms with Gasteiger partial charge in [-0.05, 0) is 72.8 Å². The highest BCUT2D eigenvalue weighted by molar-refractivity contribution is 7.91. The van der Waals surface area contributed by atoms with Gasteiger partial charge in [-0.15, -0.1) is 0 Å². The van der Waals surface area contributed by atoms with Crippen molar-refractivity contribution >= 4 is 33.0 Å². The zero-order valence-electron chi connectivity index (χ0n) is 18.4. The highest BCUT2D eigenvalue weighted by atomic mass is 32.2. The van der Waals surface area contributed by atoms with Gasteiger partial charge in [0.25, 0.3) is 5.91 Å². The summed E-state index contributed by atoms with van der Waals surface area (Å²) >= 11 is 0. The number of hydrogen-bond acceptors (Lipinski definition) is 5. The van der Waals surface area contributed by atoms with Crippen LogP contribution in [0, 0.1) is 0 Å². The molecule has 0 atom stereocenters. The van der Waals surface area contributed by atoms with Crippen molar-refractivity contribution < 1.29 is 17.9 Å². The van der Waals surface area contributed by atoms with Crippen molar-refractivity contribution in [1.29, 1.82) is 0 Å². The van der Waals surface area contributed by atoms with E-state index in [9.17, 15) is 13.2 Å². The van der Waals surface area contributed by atoms with E-state index in [-0.39, 0.29) is 15.7 Å². The Labute approximate surface area is 198 Å². The van der Waals surface area contributed by atoms with E-state index in [0.29, 0.717) is 22.8 Å². The Bertz CT molecular complexity index is 1400. The van der Waals surface area contributed by atoms with Crippen LogP contribution in [0.25, 0.3) is 0 Å². The molecule has 34 heavy (non-hydrogen) atoms. The summed E-state index contributed by atoms with van der Waals surface area (Å²) in [6.07, 6.45) is 0. The molecular formula is C27H22N2O4S. The second kappa shape index (κ2) is 10.1. The van der Waals surface area contributed by atoms with Gasteiger partial charge in [-0.2, -0.15) is 0 Å². The zero-order valence-corrected chi connectivity index (χ0v) is 19.2. The molecule has 0 bridgehead atoms. The summed E-state index contributed by atoms with van der Waals surface area (Å²) in [6.45, 7) is 0. The summed E-state index contributed by atoms with van der Waals surface area (Å²) in [5, 5.41) is 2.76. The molecule has 0 aliphatic rings. The van der Waals surface area contributed by atoms with E-state index >= 15 is 0 Å². The van der Waals surface area contributed by atoms with Crippen molar-refractivity contribution in [3.05, 3.63) is 120 Å². The Hall–Kier alpha value is -4.23. The molecule has 4 rings (SSSR count). The maximum absolute atomic E-state index is 13.1. The zero-order chi connectivity index (χ0) is 24.0. The standard InChI is InChI=1S/C27H22N2O4S/c1-33-27(21-10-6-3-7-11-21)29-23-14-18-25(19-15-23)34(31,32)24-16-12-22(13-17-24)28-26(30)20-8-4-2-5-9-20/h2-19H,1H3,(H,28,30)/b29-27-. The van der Waals surface area contributed by atoms with Gasteiger partial charge in [-0.1, -0.05) is 36.4 Å². The minimum atomic E-state index is -3.73. The lowest BCUT2D eigenvalue weighted by Crippen LogP contribution is -2.11. The van der Waals surface area contributed by atoms with E-state index in [4.69, 9.17) is 4.74 Å². The number of rotatable bonds is 6. The van der Waals surface area contributed by atoms with Gasteiger partial charge in [0.15, 0.2) is 0 Å². The van der Waals surface area contributed by atoms with Gasteiger partial charge in [0.2, 0.25) is 15.7 Å². The molecule has 0 saturated carbocycles. The van der Waals surface area contributed by atoms with Gasteiger partial charge >= 0.3 is 0 Å². The molecule has 0 aliphatic heterocycles. The first-order valence-corrected chi connectivity index (χ1v) is 12.0. The van der Waals surface area contributed by atoms with Crippen LogP contribution in [0.5, 0.6) is 0 Å². The number of nitrogens with one attached hydrogen (secondary N) is 1. The third-order valence-electron chi connectivity index (χ3n) is 5.05. The van der Waals surface area contributed by atoms with E-state index in [0.717, 1.165) is 5.56 Å². The number of anilines is 1. The molecule has 170 valence electrons. The molecule has 0 radical (unpaired) electrons. The average molecular weight is 471 g/mol. The third-order valence-corrected chi connectivity index (χ3v) is 6.84. The quantitative estimate of drug-likeness (QED) is 0.298. The van der Waals surface area contributed by atoms with Gasteiger partial charge in [-0.3, -0.25) is 4.79 Å². The first-order valence-electron chi connectivity index (χ1n) is 10.5. The fourth-order valence-electron chi connectivity index (χ4n) is 3.27. The third kappa shape index (κ3) is 5.22. The number of benzene rings is 4. The lowest BCUT2D eigenvalue weighted by Gasteiger charge is -2.09. The molecule has 6 nitrogen and oxygen atoms in total. The predicted octanol–water partition coefficient (Wildman–Crippen LogP) is 5.50. The Balaban J connectivity index is 1.51. The molecular weight excluding hydrogens is 448 g/mol. The van der Waals surface area contributed by atoms with E-state index in [1.807, 2.05) is 36.4 Å². The molecule has 0 fully saturated rings. The fraction of sp³-hybridized carbons (Fsp3) is 0.0370. The second-order valence-electron chi connectivity index (χ2n) is 7.33. The van der Waals surface area contributed by atoms with Crippen LogP contribution in [-0.2, 0) is 14.6 Å². The summed E-state index contributed by atoms with van der Waals surface area (Å²) in [7, 11) is -2.19. The Kier molecular flexibility index (Phi) is 6.85. The van der Waals surface area contributed by atoms with Crippen LogP contribution in [0.3, 0.4) is 0 Å². The predicted molar refractivity (Wildman–Crippen MR) is 132 cm³/mol. The van der Waals surface area contributed by atoms with E-state index in [1.165, 1.54) is 31.4 Å². The van der Waals surface area contributed by atoms with Crippen LogP contribution < -0.4 is 5.32 Å². The average Bonchev–Trinajstić information content (AvgIpc) is 2.89. The van der Waals surface area contributed by atoms with E-state index in [2.05, 4.69) is 10.3 Å². The summed E-state index contributed by atoms with van der Waals surface area (Å²) < 4.78 is 31.5. The van der Waals surface area contributed by atoms with Crippen molar-refractivity contribution in [2.24, 2.45) is 4.99 Å². The van der Waals surface area contributed by atoms with Gasteiger partial charge in [-0.25, -0.2) is 13.4 Å². The molecule has 4 aromatic rings. The Morgan fingerprint density at radius 3 is 1.74 bits per heavy atom. The van der Waals surface area contributed by atoms with Crippen molar-refractivity contribution in [3.8, 4) is 0 Å². The van der Waals surface area contributed by atoms with Gasteiger partial charge < -0.3 is 10.1 Å². The van der Waals surface area contributed by atoms with Gasteiger partial charge in [0.1, 0.15) is 0 Å². The Morgan fingerprint density at radius 2 is 1.21 bits per heavy atom. The van der Waals surface area contributed by atoms with E-state index < -0.39 is 9.84 Å². The van der Waals surface area contributed by atoms with Crippen molar-refractivity contribution in [3.63, 3.8) is 0 Å². The monoisotopic (exact) mass is 470 g/mol. The number of aliphatic imine (C=N–C) groups is 1. The maximum atomic E-state index is 13.1. The number of methoxy groups -OCH3 is 1. The molecule has 1 amide bonds. The number of hydrogen-bond donors (Lipinski definition) is 1. The van der Waals surface area contributed by atoms with E-state index in [1.54, 1.807) is 48.5 Å². The molecule has 4 aromatic carbocycles. The topological polar surface area (TPSA) is 84.8 Å². The number of carbonyl (C=O) groups is 1. The first-order chi connectivity index (χ1) is 16.5. The van der Waals surface area contributed by atoms with Crippen LogP contribution >= 0.6 is 0 Å². The molecule has 7 heteroatoms. The number of nitrogens with zero attached hydrogens (tertiary/aromatic N) is 1. The van der Waals surface area contributed by atoms with Gasteiger partial charge in [0.05, 0.1) is 22.6 Å². The molecule has 0 aromatic heterocycles. The lowest BCUT2D eigenvalue weighted by molar-refractivity contribution is 0.102. The number of sulfone groups is 1. The smallest absolute Gasteiger partial charge is 0.255 e. The molecule has 1 N–H and O–H groups in total. The lowest BCUT2D eigenvalue weighted by atomic mass is 10.2. The van der Waals surface area contributed by atoms with Crippen molar-refractivity contribution in [2.45, 2.75) is 9.79 Å². The maximum Gasteiger partial charge on any atom is 0.255 e. The number of carbonyl (C=O) groups excluding carboxylic acids is 1. The van der Waals surface area contributed by atoms with Crippen molar-refractivity contribution in [1.82, 2.24) is 0 Å². The summed E-state index contributed by atoms with van der Waals surface area (Å²) in [5.41, 5.74) is 2.41. The Morgan fingerprint density at radius 1 is 0.706 bits per heavy atom.